The van der Waals surface area contributed by atoms with E-state index in [-0.39, 0.29) is 6.04 Å². The highest BCUT2D eigenvalue weighted by atomic mass is 16.5. The second kappa shape index (κ2) is 5.09. The predicted octanol–water partition coefficient (Wildman–Crippen LogP) is -0.351. The Morgan fingerprint density at radius 3 is 3.25 bits per heavy atom. The molecule has 0 amide bonds. The van der Waals surface area contributed by atoms with Crippen LogP contribution in [0, 0.1) is 0 Å². The van der Waals surface area contributed by atoms with Gasteiger partial charge < -0.3 is 20.1 Å². The molecule has 16 heavy (non-hydrogen) atoms. The van der Waals surface area contributed by atoms with Gasteiger partial charge in [0.1, 0.15) is 0 Å². The SMILES string of the molecule is COc1cncc(N2CCOCC2CN)n1. The van der Waals surface area contributed by atoms with Crippen LogP contribution < -0.4 is 15.4 Å². The maximum absolute atomic E-state index is 5.70. The number of nitrogens with zero attached hydrogens (tertiary/aromatic N) is 3. The summed E-state index contributed by atoms with van der Waals surface area (Å²) in [6, 6.07) is 0.162. The van der Waals surface area contributed by atoms with Gasteiger partial charge in [-0.2, -0.15) is 4.98 Å². The first-order valence-corrected chi connectivity index (χ1v) is 5.25. The van der Waals surface area contributed by atoms with Crippen molar-refractivity contribution in [3.63, 3.8) is 0 Å². The highest BCUT2D eigenvalue weighted by molar-refractivity contribution is 5.39. The summed E-state index contributed by atoms with van der Waals surface area (Å²) in [7, 11) is 1.58. The molecular weight excluding hydrogens is 208 g/mol. The Hall–Kier alpha value is -1.40. The van der Waals surface area contributed by atoms with Gasteiger partial charge in [-0.1, -0.05) is 0 Å². The zero-order valence-corrected chi connectivity index (χ0v) is 9.30. The Labute approximate surface area is 94.4 Å². The minimum atomic E-state index is 0.162. The van der Waals surface area contributed by atoms with Crippen molar-refractivity contribution in [1.82, 2.24) is 9.97 Å². The molecule has 1 aliphatic rings. The number of rotatable bonds is 3. The number of methoxy groups -OCH3 is 1. The van der Waals surface area contributed by atoms with Gasteiger partial charge in [0.25, 0.3) is 0 Å². The van der Waals surface area contributed by atoms with Crippen LogP contribution in [-0.2, 0) is 4.74 Å². The number of hydrogen-bond acceptors (Lipinski definition) is 6. The van der Waals surface area contributed by atoms with Crippen molar-refractivity contribution in [2.24, 2.45) is 5.73 Å². The van der Waals surface area contributed by atoms with Crippen LogP contribution in [0.4, 0.5) is 5.82 Å². The fourth-order valence-electron chi connectivity index (χ4n) is 1.73. The van der Waals surface area contributed by atoms with E-state index < -0.39 is 0 Å². The van der Waals surface area contributed by atoms with Gasteiger partial charge >= 0.3 is 0 Å². The molecule has 0 radical (unpaired) electrons. The molecule has 1 atom stereocenters. The van der Waals surface area contributed by atoms with E-state index in [0.29, 0.717) is 25.6 Å². The Kier molecular flexibility index (Phi) is 3.53. The average molecular weight is 224 g/mol. The Morgan fingerprint density at radius 2 is 2.50 bits per heavy atom. The van der Waals surface area contributed by atoms with Crippen LogP contribution >= 0.6 is 0 Å². The highest BCUT2D eigenvalue weighted by Gasteiger charge is 2.23. The fourth-order valence-corrected chi connectivity index (χ4v) is 1.73. The molecule has 1 aromatic rings. The number of ether oxygens (including phenoxy) is 2. The van der Waals surface area contributed by atoms with Crippen LogP contribution in [-0.4, -0.2) is 49.4 Å². The summed E-state index contributed by atoms with van der Waals surface area (Å²) in [5.41, 5.74) is 5.70. The Bertz CT molecular complexity index is 347. The first kappa shape index (κ1) is 11.1. The molecule has 0 saturated carbocycles. The number of aromatic nitrogens is 2. The summed E-state index contributed by atoms with van der Waals surface area (Å²) in [4.78, 5) is 10.5. The molecule has 1 unspecified atom stereocenters. The van der Waals surface area contributed by atoms with E-state index in [1.54, 1.807) is 19.5 Å². The minimum Gasteiger partial charge on any atom is -0.480 e. The molecule has 88 valence electrons. The summed E-state index contributed by atoms with van der Waals surface area (Å²) in [5, 5.41) is 0. The first-order valence-electron chi connectivity index (χ1n) is 5.25. The van der Waals surface area contributed by atoms with E-state index in [1.165, 1.54) is 0 Å². The van der Waals surface area contributed by atoms with Gasteiger partial charge in [0, 0.05) is 13.1 Å². The lowest BCUT2D eigenvalue weighted by Crippen LogP contribution is -2.49. The van der Waals surface area contributed by atoms with Crippen LogP contribution in [0.25, 0.3) is 0 Å². The van der Waals surface area contributed by atoms with E-state index in [9.17, 15) is 0 Å². The largest absolute Gasteiger partial charge is 0.480 e. The van der Waals surface area contributed by atoms with Gasteiger partial charge in [0.15, 0.2) is 5.82 Å². The zero-order chi connectivity index (χ0) is 11.4. The van der Waals surface area contributed by atoms with Crippen molar-refractivity contribution in [3.8, 4) is 5.88 Å². The normalized spacial score (nSPS) is 20.9. The monoisotopic (exact) mass is 224 g/mol. The number of hydrogen-bond donors (Lipinski definition) is 1. The maximum Gasteiger partial charge on any atom is 0.233 e. The molecule has 2 N–H and O–H groups in total. The summed E-state index contributed by atoms with van der Waals surface area (Å²) in [5.74, 6) is 1.30. The van der Waals surface area contributed by atoms with E-state index in [4.69, 9.17) is 15.2 Å². The van der Waals surface area contributed by atoms with Crippen molar-refractivity contribution in [3.05, 3.63) is 12.4 Å². The number of nitrogens with two attached hydrogens (primary N) is 1. The number of anilines is 1. The molecule has 6 nitrogen and oxygen atoms in total. The summed E-state index contributed by atoms with van der Waals surface area (Å²) in [6.07, 6.45) is 3.30. The molecule has 1 aromatic heterocycles. The molecular formula is C10H16N4O2. The second-order valence-electron chi connectivity index (χ2n) is 3.58. The Morgan fingerprint density at radius 1 is 1.62 bits per heavy atom. The van der Waals surface area contributed by atoms with E-state index >= 15 is 0 Å². The minimum absolute atomic E-state index is 0.162. The van der Waals surface area contributed by atoms with Crippen LogP contribution in [0.1, 0.15) is 0 Å². The zero-order valence-electron chi connectivity index (χ0n) is 9.30. The van der Waals surface area contributed by atoms with Crippen LogP contribution in [0.15, 0.2) is 12.4 Å². The fraction of sp³-hybridized carbons (Fsp3) is 0.600. The molecule has 2 rings (SSSR count). The molecule has 1 fully saturated rings. The third-order valence-electron chi connectivity index (χ3n) is 2.60. The summed E-state index contributed by atoms with van der Waals surface area (Å²) < 4.78 is 10.4. The molecule has 2 heterocycles. The quantitative estimate of drug-likeness (QED) is 0.756. The summed E-state index contributed by atoms with van der Waals surface area (Å²) >= 11 is 0. The van der Waals surface area contributed by atoms with Crippen molar-refractivity contribution in [2.45, 2.75) is 6.04 Å². The lowest BCUT2D eigenvalue weighted by Gasteiger charge is -2.35. The molecule has 0 bridgehead atoms. The highest BCUT2D eigenvalue weighted by Crippen LogP contribution is 2.18. The number of morpholine rings is 1. The first-order chi connectivity index (χ1) is 7.85. The van der Waals surface area contributed by atoms with Gasteiger partial charge in [-0.05, 0) is 0 Å². The molecule has 0 aliphatic carbocycles. The third-order valence-corrected chi connectivity index (χ3v) is 2.60. The average Bonchev–Trinajstić information content (AvgIpc) is 2.38. The molecule has 1 aliphatic heterocycles. The molecule has 6 heteroatoms. The van der Waals surface area contributed by atoms with Gasteiger partial charge in [-0.3, -0.25) is 4.98 Å². The van der Waals surface area contributed by atoms with E-state index in [0.717, 1.165) is 12.4 Å². The van der Waals surface area contributed by atoms with Crippen molar-refractivity contribution < 1.29 is 9.47 Å². The van der Waals surface area contributed by atoms with E-state index in [2.05, 4.69) is 14.9 Å². The smallest absolute Gasteiger partial charge is 0.233 e. The van der Waals surface area contributed by atoms with Gasteiger partial charge in [0.2, 0.25) is 5.88 Å². The standard InChI is InChI=1S/C10H16N4O2/c1-15-10-6-12-5-9(13-10)14-2-3-16-7-8(14)4-11/h5-6,8H,2-4,7,11H2,1H3. The van der Waals surface area contributed by atoms with Crippen molar-refractivity contribution in [2.75, 3.05) is 38.3 Å². The topological polar surface area (TPSA) is 73.5 Å². The molecule has 0 spiro atoms. The van der Waals surface area contributed by atoms with Gasteiger partial charge in [0.05, 0.1) is 38.8 Å². The summed E-state index contributed by atoms with van der Waals surface area (Å²) in [6.45, 7) is 2.65. The van der Waals surface area contributed by atoms with Gasteiger partial charge in [-0.15, -0.1) is 0 Å². The predicted molar refractivity (Wildman–Crippen MR) is 59.6 cm³/mol. The van der Waals surface area contributed by atoms with Crippen LogP contribution in [0.2, 0.25) is 0 Å². The van der Waals surface area contributed by atoms with Crippen LogP contribution in [0.3, 0.4) is 0 Å². The third kappa shape index (κ3) is 2.23. The van der Waals surface area contributed by atoms with Crippen LogP contribution in [0.5, 0.6) is 5.88 Å². The lowest BCUT2D eigenvalue weighted by molar-refractivity contribution is 0.0957. The van der Waals surface area contributed by atoms with E-state index in [1.807, 2.05) is 0 Å². The van der Waals surface area contributed by atoms with Crippen molar-refractivity contribution >= 4 is 5.82 Å². The second-order valence-corrected chi connectivity index (χ2v) is 3.58. The van der Waals surface area contributed by atoms with Gasteiger partial charge in [-0.25, -0.2) is 0 Å². The maximum atomic E-state index is 5.70. The molecule has 0 aromatic carbocycles. The lowest BCUT2D eigenvalue weighted by atomic mass is 10.2. The molecule has 1 saturated heterocycles. The Balaban J connectivity index is 2.20. The van der Waals surface area contributed by atoms with Crippen molar-refractivity contribution in [1.29, 1.82) is 0 Å².